The molecule has 0 aromatic heterocycles. The summed E-state index contributed by atoms with van der Waals surface area (Å²) in [7, 11) is 1.57. The van der Waals surface area contributed by atoms with Crippen LogP contribution in [0.2, 0.25) is 0 Å². The molecule has 5 nitrogen and oxygen atoms in total. The highest BCUT2D eigenvalue weighted by Gasteiger charge is 2.09. The van der Waals surface area contributed by atoms with Gasteiger partial charge in [0.05, 0.1) is 7.11 Å². The fraction of sp³-hybridized carbons (Fsp3) is 0.333. The second kappa shape index (κ2) is 7.85. The molecule has 0 bridgehead atoms. The number of hydrogen-bond donors (Lipinski definition) is 2. The standard InChI is InChI=1S/C15H19N3O2/c1-11(2)9-17-10-12(8-16)15(19)18-13-4-6-14(20-3)7-5-13/h4-7,10-11,17H,9H2,1-3H3,(H,18,19)/b12-10-. The maximum Gasteiger partial charge on any atom is 0.267 e. The lowest BCUT2D eigenvalue weighted by Crippen LogP contribution is -2.19. The third-order valence-electron chi connectivity index (χ3n) is 2.49. The van der Waals surface area contributed by atoms with Crippen LogP contribution in [0.1, 0.15) is 13.8 Å². The summed E-state index contributed by atoms with van der Waals surface area (Å²) < 4.78 is 5.03. The summed E-state index contributed by atoms with van der Waals surface area (Å²) in [5.74, 6) is 0.711. The number of methoxy groups -OCH3 is 1. The Morgan fingerprint density at radius 1 is 1.40 bits per heavy atom. The number of hydrogen-bond acceptors (Lipinski definition) is 4. The van der Waals surface area contributed by atoms with Crippen LogP contribution in [0.25, 0.3) is 0 Å². The van der Waals surface area contributed by atoms with Crippen molar-refractivity contribution < 1.29 is 9.53 Å². The number of ether oxygens (including phenoxy) is 1. The first kappa shape index (κ1) is 15.6. The lowest BCUT2D eigenvalue weighted by molar-refractivity contribution is -0.112. The van der Waals surface area contributed by atoms with Crippen LogP contribution in [-0.2, 0) is 4.79 Å². The van der Waals surface area contributed by atoms with Gasteiger partial charge >= 0.3 is 0 Å². The highest BCUT2D eigenvalue weighted by molar-refractivity contribution is 6.06. The van der Waals surface area contributed by atoms with Crippen LogP contribution in [0.15, 0.2) is 36.0 Å². The molecule has 1 aromatic rings. The molecule has 0 heterocycles. The Bertz CT molecular complexity index is 513. The summed E-state index contributed by atoms with van der Waals surface area (Å²) in [6, 6.07) is 8.79. The van der Waals surface area contributed by atoms with Crippen LogP contribution in [0.3, 0.4) is 0 Å². The van der Waals surface area contributed by atoms with Crippen LogP contribution in [0.4, 0.5) is 5.69 Å². The summed E-state index contributed by atoms with van der Waals surface area (Å²) in [5.41, 5.74) is 0.655. The van der Waals surface area contributed by atoms with Gasteiger partial charge in [-0.3, -0.25) is 4.79 Å². The minimum Gasteiger partial charge on any atom is -0.497 e. The Kier molecular flexibility index (Phi) is 6.11. The molecule has 1 amide bonds. The number of nitrogens with one attached hydrogen (secondary N) is 2. The quantitative estimate of drug-likeness (QED) is 0.616. The summed E-state index contributed by atoms with van der Waals surface area (Å²) in [4.78, 5) is 11.9. The fourth-order valence-electron chi connectivity index (χ4n) is 1.42. The van der Waals surface area contributed by atoms with Crippen LogP contribution >= 0.6 is 0 Å². The summed E-state index contributed by atoms with van der Waals surface area (Å²) in [6.45, 7) is 4.80. The predicted molar refractivity (Wildman–Crippen MR) is 78.2 cm³/mol. The lowest BCUT2D eigenvalue weighted by Gasteiger charge is -2.07. The third kappa shape index (κ3) is 5.02. The average Bonchev–Trinajstić information content (AvgIpc) is 2.44. The normalized spacial score (nSPS) is 10.8. The van der Waals surface area contributed by atoms with E-state index >= 15 is 0 Å². The van der Waals surface area contributed by atoms with Gasteiger partial charge in [-0.15, -0.1) is 0 Å². The van der Waals surface area contributed by atoms with Crippen molar-refractivity contribution in [1.82, 2.24) is 5.32 Å². The minimum atomic E-state index is -0.436. The zero-order valence-electron chi connectivity index (χ0n) is 11.9. The second-order valence-corrected chi connectivity index (χ2v) is 4.65. The van der Waals surface area contributed by atoms with E-state index in [1.165, 1.54) is 6.20 Å². The van der Waals surface area contributed by atoms with Gasteiger partial charge in [-0.25, -0.2) is 0 Å². The molecule has 106 valence electrons. The number of carbonyl (C=O) groups excluding carboxylic acids is 1. The SMILES string of the molecule is COc1ccc(NC(=O)/C(C#N)=C\NCC(C)C)cc1. The average molecular weight is 273 g/mol. The van der Waals surface area contributed by atoms with Gasteiger partial charge in [-0.1, -0.05) is 13.8 Å². The molecule has 1 aromatic carbocycles. The summed E-state index contributed by atoms with van der Waals surface area (Å²) in [6.07, 6.45) is 1.44. The van der Waals surface area contributed by atoms with Gasteiger partial charge in [-0.05, 0) is 30.2 Å². The molecule has 0 aliphatic carbocycles. The number of carbonyl (C=O) groups is 1. The van der Waals surface area contributed by atoms with Crippen molar-refractivity contribution in [3.63, 3.8) is 0 Å². The van der Waals surface area contributed by atoms with Gasteiger partial charge in [0.15, 0.2) is 0 Å². The summed E-state index contributed by atoms with van der Waals surface area (Å²) in [5, 5.41) is 14.6. The van der Waals surface area contributed by atoms with E-state index in [2.05, 4.69) is 10.6 Å². The first-order valence-corrected chi connectivity index (χ1v) is 6.36. The smallest absolute Gasteiger partial charge is 0.267 e. The van der Waals surface area contributed by atoms with Crippen molar-refractivity contribution in [1.29, 1.82) is 5.26 Å². The van der Waals surface area contributed by atoms with Crippen LogP contribution in [0, 0.1) is 17.2 Å². The molecule has 0 fully saturated rings. The lowest BCUT2D eigenvalue weighted by atomic mass is 10.2. The van der Waals surface area contributed by atoms with Gasteiger partial charge in [0.1, 0.15) is 17.4 Å². The van der Waals surface area contributed by atoms with Crippen molar-refractivity contribution in [3.05, 3.63) is 36.0 Å². The molecule has 2 N–H and O–H groups in total. The maximum atomic E-state index is 11.9. The van der Waals surface area contributed by atoms with Gasteiger partial charge in [0, 0.05) is 18.4 Å². The van der Waals surface area contributed by atoms with Crippen molar-refractivity contribution in [2.24, 2.45) is 5.92 Å². The van der Waals surface area contributed by atoms with Gasteiger partial charge in [0.2, 0.25) is 0 Å². The number of rotatable bonds is 6. The van der Waals surface area contributed by atoms with Crippen LogP contribution in [0.5, 0.6) is 5.75 Å². The first-order chi connectivity index (χ1) is 9.56. The van der Waals surface area contributed by atoms with Crippen molar-refractivity contribution in [2.45, 2.75) is 13.8 Å². The molecule has 0 aliphatic rings. The molecule has 20 heavy (non-hydrogen) atoms. The van der Waals surface area contributed by atoms with Crippen molar-refractivity contribution in [2.75, 3.05) is 19.0 Å². The number of amides is 1. The van der Waals surface area contributed by atoms with Gasteiger partial charge < -0.3 is 15.4 Å². The Morgan fingerprint density at radius 3 is 2.55 bits per heavy atom. The predicted octanol–water partition coefficient (Wildman–Crippen LogP) is 2.29. The van der Waals surface area contributed by atoms with E-state index < -0.39 is 5.91 Å². The van der Waals surface area contributed by atoms with Crippen molar-refractivity contribution in [3.8, 4) is 11.8 Å². The van der Waals surface area contributed by atoms with E-state index in [4.69, 9.17) is 10.00 Å². The Hall–Kier alpha value is -2.48. The van der Waals surface area contributed by atoms with Gasteiger partial charge in [0.25, 0.3) is 5.91 Å². The monoisotopic (exact) mass is 273 g/mol. The Morgan fingerprint density at radius 2 is 2.05 bits per heavy atom. The third-order valence-corrected chi connectivity index (χ3v) is 2.49. The fourth-order valence-corrected chi connectivity index (χ4v) is 1.42. The molecule has 0 atom stereocenters. The Balaban J connectivity index is 2.65. The number of nitrogens with zero attached hydrogens (tertiary/aromatic N) is 1. The molecule has 1 rings (SSSR count). The van der Waals surface area contributed by atoms with E-state index in [9.17, 15) is 4.79 Å². The van der Waals surface area contributed by atoms with E-state index in [-0.39, 0.29) is 5.57 Å². The maximum absolute atomic E-state index is 11.9. The van der Waals surface area contributed by atoms with E-state index in [0.717, 1.165) is 0 Å². The molecule has 0 spiro atoms. The number of anilines is 1. The molecule has 0 radical (unpaired) electrons. The number of benzene rings is 1. The van der Waals surface area contributed by atoms with E-state index in [1.807, 2.05) is 19.9 Å². The van der Waals surface area contributed by atoms with E-state index in [1.54, 1.807) is 31.4 Å². The second-order valence-electron chi connectivity index (χ2n) is 4.65. The topological polar surface area (TPSA) is 74.1 Å². The van der Waals surface area contributed by atoms with Gasteiger partial charge in [-0.2, -0.15) is 5.26 Å². The molecule has 0 aliphatic heterocycles. The first-order valence-electron chi connectivity index (χ1n) is 6.36. The molecular formula is C15H19N3O2. The highest BCUT2D eigenvalue weighted by atomic mass is 16.5. The zero-order chi connectivity index (χ0) is 15.0. The molecule has 5 heteroatoms. The molecular weight excluding hydrogens is 254 g/mol. The molecule has 0 saturated carbocycles. The van der Waals surface area contributed by atoms with Crippen molar-refractivity contribution >= 4 is 11.6 Å². The number of nitriles is 1. The highest BCUT2D eigenvalue weighted by Crippen LogP contribution is 2.15. The molecule has 0 unspecified atom stereocenters. The minimum absolute atomic E-state index is 0.0430. The largest absolute Gasteiger partial charge is 0.497 e. The summed E-state index contributed by atoms with van der Waals surface area (Å²) >= 11 is 0. The zero-order valence-corrected chi connectivity index (χ0v) is 11.9. The van der Waals surface area contributed by atoms with E-state index in [0.29, 0.717) is 23.9 Å². The van der Waals surface area contributed by atoms with Crippen LogP contribution < -0.4 is 15.4 Å². The molecule has 0 saturated heterocycles. The Labute approximate surface area is 119 Å². The van der Waals surface area contributed by atoms with Crippen LogP contribution in [-0.4, -0.2) is 19.6 Å².